The summed E-state index contributed by atoms with van der Waals surface area (Å²) in [5.41, 5.74) is 0. The van der Waals surface area contributed by atoms with Crippen LogP contribution in [-0.2, 0) is 4.79 Å². The standard InChI is InChI=1S/C7H14O5/c1-4(9)6(11)7(12)5(10)2-3-8/h5-8,10-12H,2-3H2,1H3/t5-,6?,7-/m0/s1. The summed E-state index contributed by atoms with van der Waals surface area (Å²) in [6.07, 6.45) is -4.43. The Morgan fingerprint density at radius 3 is 2.17 bits per heavy atom. The summed E-state index contributed by atoms with van der Waals surface area (Å²) >= 11 is 0. The zero-order valence-electron chi connectivity index (χ0n) is 6.84. The molecule has 0 spiro atoms. The second-order valence-corrected chi connectivity index (χ2v) is 2.63. The van der Waals surface area contributed by atoms with Crippen LogP contribution in [0, 0.1) is 0 Å². The molecule has 0 aliphatic heterocycles. The molecule has 12 heavy (non-hydrogen) atoms. The summed E-state index contributed by atoms with van der Waals surface area (Å²) in [6, 6.07) is 0. The van der Waals surface area contributed by atoms with Crippen molar-refractivity contribution in [2.45, 2.75) is 31.7 Å². The van der Waals surface area contributed by atoms with E-state index in [-0.39, 0.29) is 13.0 Å². The van der Waals surface area contributed by atoms with Gasteiger partial charge in [0.2, 0.25) is 0 Å². The van der Waals surface area contributed by atoms with Crippen molar-refractivity contribution in [2.24, 2.45) is 0 Å². The summed E-state index contributed by atoms with van der Waals surface area (Å²) in [7, 11) is 0. The molecule has 3 atom stereocenters. The molecule has 0 saturated heterocycles. The number of aliphatic hydroxyl groups excluding tert-OH is 4. The first-order chi connectivity index (χ1) is 5.50. The van der Waals surface area contributed by atoms with Gasteiger partial charge in [0, 0.05) is 6.61 Å². The molecule has 5 nitrogen and oxygen atoms in total. The maximum absolute atomic E-state index is 10.5. The maximum atomic E-state index is 10.5. The predicted octanol–water partition coefficient (Wildman–Crippen LogP) is -1.96. The van der Waals surface area contributed by atoms with E-state index in [1.165, 1.54) is 0 Å². The lowest BCUT2D eigenvalue weighted by atomic mass is 10.0. The Morgan fingerprint density at radius 2 is 1.83 bits per heavy atom. The van der Waals surface area contributed by atoms with Gasteiger partial charge in [0.05, 0.1) is 6.10 Å². The van der Waals surface area contributed by atoms with E-state index in [1.807, 2.05) is 0 Å². The van der Waals surface area contributed by atoms with E-state index < -0.39 is 24.1 Å². The number of rotatable bonds is 5. The first-order valence-electron chi connectivity index (χ1n) is 3.66. The fourth-order valence-electron chi connectivity index (χ4n) is 0.754. The van der Waals surface area contributed by atoms with Crippen LogP contribution in [0.15, 0.2) is 0 Å². The van der Waals surface area contributed by atoms with Crippen molar-refractivity contribution in [3.05, 3.63) is 0 Å². The Morgan fingerprint density at radius 1 is 1.33 bits per heavy atom. The van der Waals surface area contributed by atoms with Crippen LogP contribution < -0.4 is 0 Å². The molecule has 0 aromatic heterocycles. The third-order valence-corrected chi connectivity index (χ3v) is 1.56. The summed E-state index contributed by atoms with van der Waals surface area (Å²) < 4.78 is 0. The van der Waals surface area contributed by atoms with E-state index in [0.717, 1.165) is 6.92 Å². The van der Waals surface area contributed by atoms with Crippen LogP contribution in [0.3, 0.4) is 0 Å². The molecule has 1 unspecified atom stereocenters. The van der Waals surface area contributed by atoms with Gasteiger partial charge in [0.25, 0.3) is 0 Å². The molecule has 0 aromatic carbocycles. The van der Waals surface area contributed by atoms with Crippen LogP contribution in [0.4, 0.5) is 0 Å². The molecule has 0 rings (SSSR count). The minimum absolute atomic E-state index is 0.0640. The van der Waals surface area contributed by atoms with E-state index in [1.54, 1.807) is 0 Å². The average molecular weight is 178 g/mol. The Labute approximate surface area is 70.3 Å². The number of hydrogen-bond acceptors (Lipinski definition) is 5. The molecule has 0 saturated carbocycles. The van der Waals surface area contributed by atoms with Gasteiger partial charge in [-0.3, -0.25) is 4.79 Å². The molecule has 0 fully saturated rings. The fraction of sp³-hybridized carbons (Fsp3) is 0.857. The van der Waals surface area contributed by atoms with E-state index in [2.05, 4.69) is 0 Å². The van der Waals surface area contributed by atoms with Crippen LogP contribution >= 0.6 is 0 Å². The zero-order valence-corrected chi connectivity index (χ0v) is 6.84. The number of hydrogen-bond donors (Lipinski definition) is 4. The van der Waals surface area contributed by atoms with Crippen molar-refractivity contribution in [3.63, 3.8) is 0 Å². The van der Waals surface area contributed by atoms with Gasteiger partial charge < -0.3 is 20.4 Å². The third-order valence-electron chi connectivity index (χ3n) is 1.56. The first kappa shape index (κ1) is 11.5. The zero-order chi connectivity index (χ0) is 9.72. The smallest absolute Gasteiger partial charge is 0.160 e. The van der Waals surface area contributed by atoms with Crippen LogP contribution in [0.2, 0.25) is 0 Å². The molecule has 0 aliphatic rings. The van der Waals surface area contributed by atoms with Crippen LogP contribution in [-0.4, -0.2) is 51.1 Å². The third kappa shape index (κ3) is 3.27. The molecule has 4 N–H and O–H groups in total. The molecule has 0 aromatic rings. The lowest BCUT2D eigenvalue weighted by molar-refractivity contribution is -0.136. The second kappa shape index (κ2) is 5.21. The van der Waals surface area contributed by atoms with Gasteiger partial charge >= 0.3 is 0 Å². The quantitative estimate of drug-likeness (QED) is 0.392. The highest BCUT2D eigenvalue weighted by Crippen LogP contribution is 2.04. The van der Waals surface area contributed by atoms with E-state index in [9.17, 15) is 4.79 Å². The van der Waals surface area contributed by atoms with Gasteiger partial charge in [0.15, 0.2) is 5.78 Å². The van der Waals surface area contributed by atoms with Crippen molar-refractivity contribution in [1.82, 2.24) is 0 Å². The summed E-state index contributed by atoms with van der Waals surface area (Å²) in [4.78, 5) is 10.5. The van der Waals surface area contributed by atoms with E-state index >= 15 is 0 Å². The highest BCUT2D eigenvalue weighted by molar-refractivity contribution is 5.80. The van der Waals surface area contributed by atoms with Crippen LogP contribution in [0.5, 0.6) is 0 Å². The lowest BCUT2D eigenvalue weighted by Crippen LogP contribution is -2.41. The molecule has 0 amide bonds. The lowest BCUT2D eigenvalue weighted by Gasteiger charge is -2.20. The Bertz CT molecular complexity index is 147. The Hall–Kier alpha value is -0.490. The number of carbonyl (C=O) groups excluding carboxylic acids is 1. The van der Waals surface area contributed by atoms with Crippen LogP contribution in [0.25, 0.3) is 0 Å². The molecule has 5 heteroatoms. The van der Waals surface area contributed by atoms with Crippen molar-refractivity contribution < 1.29 is 25.2 Å². The number of ketones is 1. The van der Waals surface area contributed by atoms with Gasteiger partial charge in [-0.15, -0.1) is 0 Å². The Kier molecular flexibility index (Phi) is 5.00. The molecule has 0 heterocycles. The van der Waals surface area contributed by atoms with E-state index in [0.29, 0.717) is 0 Å². The molecule has 0 bridgehead atoms. The number of carbonyl (C=O) groups is 1. The number of aliphatic hydroxyl groups is 4. The summed E-state index contributed by atoms with van der Waals surface area (Å²) in [5, 5.41) is 35.4. The molecule has 72 valence electrons. The molecule has 0 aliphatic carbocycles. The molecular formula is C7H14O5. The summed E-state index contributed by atoms with van der Waals surface area (Å²) in [6.45, 7) is 0.808. The van der Waals surface area contributed by atoms with Crippen LogP contribution in [0.1, 0.15) is 13.3 Å². The molecule has 0 radical (unpaired) electrons. The topological polar surface area (TPSA) is 98.0 Å². The largest absolute Gasteiger partial charge is 0.396 e. The average Bonchev–Trinajstić information content (AvgIpc) is 2.02. The van der Waals surface area contributed by atoms with Crippen molar-refractivity contribution in [1.29, 1.82) is 0 Å². The second-order valence-electron chi connectivity index (χ2n) is 2.63. The SMILES string of the molecule is CC(=O)C(O)[C@@H](O)[C@@H](O)CCO. The van der Waals surface area contributed by atoms with Gasteiger partial charge in [-0.25, -0.2) is 0 Å². The minimum atomic E-state index is -1.58. The van der Waals surface area contributed by atoms with Gasteiger partial charge in [-0.2, -0.15) is 0 Å². The Balaban J connectivity index is 3.99. The highest BCUT2D eigenvalue weighted by atomic mass is 16.4. The van der Waals surface area contributed by atoms with Gasteiger partial charge in [-0.05, 0) is 13.3 Å². The highest BCUT2D eigenvalue weighted by Gasteiger charge is 2.27. The predicted molar refractivity (Wildman–Crippen MR) is 40.4 cm³/mol. The first-order valence-corrected chi connectivity index (χ1v) is 3.66. The van der Waals surface area contributed by atoms with Gasteiger partial charge in [0.1, 0.15) is 12.2 Å². The van der Waals surface area contributed by atoms with Crippen molar-refractivity contribution in [3.8, 4) is 0 Å². The van der Waals surface area contributed by atoms with Gasteiger partial charge in [-0.1, -0.05) is 0 Å². The molecular weight excluding hydrogens is 164 g/mol. The minimum Gasteiger partial charge on any atom is -0.396 e. The van der Waals surface area contributed by atoms with E-state index in [4.69, 9.17) is 20.4 Å². The van der Waals surface area contributed by atoms with Crippen molar-refractivity contribution >= 4 is 5.78 Å². The fourth-order valence-corrected chi connectivity index (χ4v) is 0.754. The number of Topliss-reactive ketones (excluding diaryl/α,β-unsaturated/α-hetero) is 1. The monoisotopic (exact) mass is 178 g/mol. The summed E-state index contributed by atoms with van der Waals surface area (Å²) in [5.74, 6) is -0.612. The maximum Gasteiger partial charge on any atom is 0.160 e. The normalized spacial score (nSPS) is 18.4. The van der Waals surface area contributed by atoms with Crippen molar-refractivity contribution in [2.75, 3.05) is 6.61 Å².